The molecule has 0 amide bonds. The van der Waals surface area contributed by atoms with Crippen LogP contribution >= 0.6 is 0 Å². The second kappa shape index (κ2) is 7.24. The molecular weight excluding hydrogens is 176 g/mol. The first kappa shape index (κ1) is 13.9. The van der Waals surface area contributed by atoms with E-state index in [0.29, 0.717) is 5.92 Å². The SMILES string of the molecule is COC(C(C)C)C(O)CCCC(C)C. The largest absolute Gasteiger partial charge is 0.390 e. The summed E-state index contributed by atoms with van der Waals surface area (Å²) >= 11 is 0. The van der Waals surface area contributed by atoms with Gasteiger partial charge in [-0.05, 0) is 18.3 Å². The van der Waals surface area contributed by atoms with Crippen molar-refractivity contribution in [3.8, 4) is 0 Å². The van der Waals surface area contributed by atoms with E-state index in [1.807, 2.05) is 0 Å². The monoisotopic (exact) mass is 202 g/mol. The lowest BCUT2D eigenvalue weighted by Gasteiger charge is -2.25. The Morgan fingerprint density at radius 1 is 1.07 bits per heavy atom. The summed E-state index contributed by atoms with van der Waals surface area (Å²) in [4.78, 5) is 0. The van der Waals surface area contributed by atoms with Gasteiger partial charge in [-0.25, -0.2) is 0 Å². The van der Waals surface area contributed by atoms with E-state index < -0.39 is 0 Å². The second-order valence-electron chi connectivity index (χ2n) is 4.84. The Bertz CT molecular complexity index is 132. The standard InChI is InChI=1S/C12H26O2/c1-9(2)7-6-8-11(13)12(14-5)10(3)4/h9-13H,6-8H2,1-5H3. The van der Waals surface area contributed by atoms with Crippen molar-refractivity contribution in [2.45, 2.75) is 59.2 Å². The Labute approximate surface area is 88.7 Å². The molecule has 0 saturated carbocycles. The van der Waals surface area contributed by atoms with E-state index in [-0.39, 0.29) is 12.2 Å². The summed E-state index contributed by atoms with van der Waals surface area (Å²) < 4.78 is 5.28. The molecule has 0 aliphatic rings. The first-order valence-electron chi connectivity index (χ1n) is 5.69. The van der Waals surface area contributed by atoms with Crippen LogP contribution in [0.4, 0.5) is 0 Å². The van der Waals surface area contributed by atoms with Gasteiger partial charge in [0.2, 0.25) is 0 Å². The van der Waals surface area contributed by atoms with Crippen LogP contribution < -0.4 is 0 Å². The van der Waals surface area contributed by atoms with Crippen molar-refractivity contribution in [3.05, 3.63) is 0 Å². The molecular formula is C12H26O2. The van der Waals surface area contributed by atoms with Gasteiger partial charge in [0.15, 0.2) is 0 Å². The van der Waals surface area contributed by atoms with Crippen molar-refractivity contribution < 1.29 is 9.84 Å². The topological polar surface area (TPSA) is 29.5 Å². The van der Waals surface area contributed by atoms with Gasteiger partial charge in [-0.15, -0.1) is 0 Å². The van der Waals surface area contributed by atoms with Gasteiger partial charge in [0.05, 0.1) is 12.2 Å². The highest BCUT2D eigenvalue weighted by Crippen LogP contribution is 2.16. The van der Waals surface area contributed by atoms with Gasteiger partial charge >= 0.3 is 0 Å². The summed E-state index contributed by atoms with van der Waals surface area (Å²) in [7, 11) is 1.68. The maximum Gasteiger partial charge on any atom is 0.0852 e. The molecule has 0 heterocycles. The van der Waals surface area contributed by atoms with Gasteiger partial charge in [-0.1, -0.05) is 40.5 Å². The predicted octanol–water partition coefficient (Wildman–Crippen LogP) is 2.84. The first-order chi connectivity index (χ1) is 6.49. The summed E-state index contributed by atoms with van der Waals surface area (Å²) in [5.74, 6) is 1.11. The fourth-order valence-electron chi connectivity index (χ4n) is 1.77. The highest BCUT2D eigenvalue weighted by atomic mass is 16.5. The summed E-state index contributed by atoms with van der Waals surface area (Å²) in [5.41, 5.74) is 0. The van der Waals surface area contributed by atoms with Crippen LogP contribution in [0.15, 0.2) is 0 Å². The second-order valence-corrected chi connectivity index (χ2v) is 4.84. The fraction of sp³-hybridized carbons (Fsp3) is 1.00. The lowest BCUT2D eigenvalue weighted by Crippen LogP contribution is -2.32. The van der Waals surface area contributed by atoms with Crippen molar-refractivity contribution in [1.29, 1.82) is 0 Å². The smallest absolute Gasteiger partial charge is 0.0852 e. The molecule has 0 fully saturated rings. The molecule has 1 N–H and O–H groups in total. The summed E-state index contributed by atoms with van der Waals surface area (Å²) in [5, 5.41) is 9.87. The van der Waals surface area contributed by atoms with E-state index in [2.05, 4.69) is 27.7 Å². The number of hydrogen-bond acceptors (Lipinski definition) is 2. The van der Waals surface area contributed by atoms with Crippen molar-refractivity contribution in [3.63, 3.8) is 0 Å². The minimum absolute atomic E-state index is 0.0119. The normalized spacial score (nSPS) is 16.3. The third-order valence-electron chi connectivity index (χ3n) is 2.59. The van der Waals surface area contributed by atoms with Crippen LogP contribution in [0.5, 0.6) is 0 Å². The molecule has 0 spiro atoms. The number of aliphatic hydroxyl groups is 1. The lowest BCUT2D eigenvalue weighted by atomic mass is 9.96. The minimum Gasteiger partial charge on any atom is -0.390 e. The first-order valence-corrected chi connectivity index (χ1v) is 5.69. The van der Waals surface area contributed by atoms with Crippen LogP contribution in [0.2, 0.25) is 0 Å². The predicted molar refractivity (Wildman–Crippen MR) is 60.3 cm³/mol. The maximum atomic E-state index is 9.87. The van der Waals surface area contributed by atoms with Crippen LogP contribution in [-0.4, -0.2) is 24.4 Å². The van der Waals surface area contributed by atoms with Gasteiger partial charge in [0, 0.05) is 7.11 Å². The highest BCUT2D eigenvalue weighted by Gasteiger charge is 2.21. The van der Waals surface area contributed by atoms with Gasteiger partial charge in [0.25, 0.3) is 0 Å². The highest BCUT2D eigenvalue weighted by molar-refractivity contribution is 4.72. The molecule has 0 aromatic carbocycles. The fourth-order valence-corrected chi connectivity index (χ4v) is 1.77. The Balaban J connectivity index is 3.75. The van der Waals surface area contributed by atoms with Crippen LogP contribution in [0, 0.1) is 11.8 Å². The quantitative estimate of drug-likeness (QED) is 0.688. The summed E-state index contributed by atoms with van der Waals surface area (Å²) in [6.07, 6.45) is 2.81. The van der Waals surface area contributed by atoms with Crippen molar-refractivity contribution in [2.75, 3.05) is 7.11 Å². The van der Waals surface area contributed by atoms with E-state index in [1.165, 1.54) is 6.42 Å². The zero-order chi connectivity index (χ0) is 11.1. The molecule has 0 aromatic rings. The van der Waals surface area contributed by atoms with Crippen LogP contribution in [-0.2, 0) is 4.74 Å². The van der Waals surface area contributed by atoms with E-state index in [1.54, 1.807) is 7.11 Å². The number of methoxy groups -OCH3 is 1. The Kier molecular flexibility index (Phi) is 7.20. The molecule has 2 unspecified atom stereocenters. The van der Waals surface area contributed by atoms with Crippen molar-refractivity contribution >= 4 is 0 Å². The molecule has 14 heavy (non-hydrogen) atoms. The van der Waals surface area contributed by atoms with Crippen LogP contribution in [0.25, 0.3) is 0 Å². The van der Waals surface area contributed by atoms with Gasteiger partial charge in [-0.3, -0.25) is 0 Å². The molecule has 2 heteroatoms. The van der Waals surface area contributed by atoms with E-state index >= 15 is 0 Å². The molecule has 0 aliphatic heterocycles. The molecule has 0 aromatic heterocycles. The molecule has 2 atom stereocenters. The third-order valence-corrected chi connectivity index (χ3v) is 2.59. The molecule has 0 radical (unpaired) electrons. The zero-order valence-corrected chi connectivity index (χ0v) is 10.3. The van der Waals surface area contributed by atoms with Gasteiger partial charge < -0.3 is 9.84 Å². The molecule has 0 aliphatic carbocycles. The Morgan fingerprint density at radius 3 is 2.00 bits per heavy atom. The summed E-state index contributed by atoms with van der Waals surface area (Å²) in [6, 6.07) is 0. The Morgan fingerprint density at radius 2 is 1.64 bits per heavy atom. The van der Waals surface area contributed by atoms with E-state index in [0.717, 1.165) is 18.8 Å². The molecule has 0 bridgehead atoms. The molecule has 2 nitrogen and oxygen atoms in total. The molecule has 86 valence electrons. The average Bonchev–Trinajstić information content (AvgIpc) is 2.03. The van der Waals surface area contributed by atoms with Gasteiger partial charge in [0.1, 0.15) is 0 Å². The lowest BCUT2D eigenvalue weighted by molar-refractivity contribution is -0.0417. The van der Waals surface area contributed by atoms with E-state index in [4.69, 9.17) is 4.74 Å². The average molecular weight is 202 g/mol. The van der Waals surface area contributed by atoms with Gasteiger partial charge in [-0.2, -0.15) is 0 Å². The number of ether oxygens (including phenoxy) is 1. The third kappa shape index (κ3) is 5.61. The molecule has 0 rings (SSSR count). The number of hydrogen-bond donors (Lipinski definition) is 1. The number of aliphatic hydroxyl groups excluding tert-OH is 1. The van der Waals surface area contributed by atoms with Crippen molar-refractivity contribution in [2.24, 2.45) is 11.8 Å². The number of rotatable bonds is 7. The van der Waals surface area contributed by atoms with Crippen LogP contribution in [0.1, 0.15) is 47.0 Å². The maximum absolute atomic E-state index is 9.87. The minimum atomic E-state index is -0.307. The molecule has 0 saturated heterocycles. The van der Waals surface area contributed by atoms with Crippen molar-refractivity contribution in [1.82, 2.24) is 0 Å². The Hall–Kier alpha value is -0.0800. The summed E-state index contributed by atoms with van der Waals surface area (Å²) in [6.45, 7) is 8.59. The van der Waals surface area contributed by atoms with Crippen LogP contribution in [0.3, 0.4) is 0 Å². The zero-order valence-electron chi connectivity index (χ0n) is 10.3. The van der Waals surface area contributed by atoms with E-state index in [9.17, 15) is 5.11 Å².